The van der Waals surface area contributed by atoms with Gasteiger partial charge in [-0.2, -0.15) is 0 Å². The number of rotatable bonds is 13. The van der Waals surface area contributed by atoms with E-state index >= 15 is 0 Å². The van der Waals surface area contributed by atoms with Gasteiger partial charge in [-0.3, -0.25) is 24.0 Å². The van der Waals surface area contributed by atoms with Crippen LogP contribution in [0.25, 0.3) is 11.0 Å². The summed E-state index contributed by atoms with van der Waals surface area (Å²) in [5, 5.41) is 16.0. The number of benzene rings is 2. The number of nitrogens with one attached hydrogen (secondary N) is 3. The highest BCUT2D eigenvalue weighted by atomic mass is 32.2. The fraction of sp³-hybridized carbons (Fsp3) is 0.490. The Bertz CT molecular complexity index is 2780. The van der Waals surface area contributed by atoms with Gasteiger partial charge in [-0.1, -0.05) is 38.1 Å². The highest BCUT2D eigenvalue weighted by Gasteiger charge is 2.50. The molecule has 348 valence electrons. The van der Waals surface area contributed by atoms with Crippen molar-refractivity contribution in [2.75, 3.05) is 47.9 Å². The molecule has 5 heterocycles. The first-order chi connectivity index (χ1) is 31.7. The molecular weight excluding hydrogens is 877 g/mol. The summed E-state index contributed by atoms with van der Waals surface area (Å²) < 4.78 is 48.9. The molecule has 2 atom stereocenters. The minimum atomic E-state index is -4.61. The fourth-order valence-corrected chi connectivity index (χ4v) is 13.1. The van der Waals surface area contributed by atoms with E-state index < -0.39 is 42.2 Å². The molecule has 1 unspecified atom stereocenters. The molecule has 0 radical (unpaired) electrons. The molecule has 5 aromatic rings. The van der Waals surface area contributed by atoms with Gasteiger partial charge in [0, 0.05) is 90.0 Å². The van der Waals surface area contributed by atoms with Crippen molar-refractivity contribution < 1.29 is 27.1 Å². The number of carbonyl (C=O) groups is 1. The summed E-state index contributed by atoms with van der Waals surface area (Å²) in [5.41, 5.74) is 4.28. The number of anilines is 2. The quantitative estimate of drug-likeness (QED) is 0.0752. The average Bonchev–Trinajstić information content (AvgIpc) is 4.04. The van der Waals surface area contributed by atoms with Crippen LogP contribution in [0.3, 0.4) is 0 Å². The number of aromatic nitrogens is 3. The molecule has 3 aliphatic carbocycles. The number of aromatic amines is 1. The number of fused-ring (bicyclic) bond motifs is 1. The van der Waals surface area contributed by atoms with Crippen LogP contribution in [0.5, 0.6) is 11.5 Å². The molecule has 5 aliphatic rings. The Labute approximate surface area is 388 Å². The lowest BCUT2D eigenvalue weighted by Gasteiger charge is -2.57. The van der Waals surface area contributed by atoms with E-state index in [-0.39, 0.29) is 34.0 Å². The van der Waals surface area contributed by atoms with Gasteiger partial charge < -0.3 is 19.9 Å². The van der Waals surface area contributed by atoms with Crippen LogP contribution >= 0.6 is 0 Å². The van der Waals surface area contributed by atoms with Crippen molar-refractivity contribution in [3.8, 4) is 11.5 Å². The molecule has 1 spiro atoms. The molecule has 17 heteroatoms. The van der Waals surface area contributed by atoms with Crippen LogP contribution in [0, 0.1) is 26.9 Å². The second-order valence-electron chi connectivity index (χ2n) is 20.1. The molecule has 3 saturated carbocycles. The third kappa shape index (κ3) is 9.30. The summed E-state index contributed by atoms with van der Waals surface area (Å²) in [6.45, 7) is 7.43. The van der Waals surface area contributed by atoms with Crippen LogP contribution in [0.2, 0.25) is 0 Å². The van der Waals surface area contributed by atoms with Crippen molar-refractivity contribution in [3.05, 3.63) is 106 Å². The second kappa shape index (κ2) is 17.7. The number of ether oxygens (including phenoxy) is 1. The van der Waals surface area contributed by atoms with Gasteiger partial charge in [0.2, 0.25) is 5.82 Å². The number of carbonyl (C=O) groups excluding carboxylic acids is 1. The first kappa shape index (κ1) is 44.4. The Morgan fingerprint density at radius 1 is 0.955 bits per heavy atom. The Morgan fingerprint density at radius 3 is 2.45 bits per heavy atom. The molecule has 2 saturated heterocycles. The zero-order valence-electron chi connectivity index (χ0n) is 37.5. The SMILES string of the molecule is CC1(C)CCC(CNc2ncc(S(=O)(=O)NC(=O)c3ccc(N4CCC5(CC4)CC(N4CCS(=O)C[C@@H]4c4ccccc4C4CC4)C5)cc3Oc3cnc4[nH]ccc4c3)cc2[N+](=O)[O-])CC1. The third-order valence-corrected chi connectivity index (χ3v) is 17.7. The standard InChI is InChI=1S/C49H58N8O7S2/c1-48(2)14-11-32(12-15-48)28-51-46-42(57(59)60)25-38(30-53-46)66(62,63)54-47(58)41-10-9-35(24-44(41)64-37-23-34-13-18-50-45(34)52-29-37)55-19-16-49(17-20-55)26-36(27-49)56-21-22-65(61)31-43(56)40-6-4-3-5-39(40)33-7-8-33/h3-6,9-10,13,18,23-25,29-30,32-33,36,43H,7-8,11-12,14-17,19-22,26-28,31H2,1-2H3,(H,50,52)(H,51,53)(H,54,58)/t43-,65?/m1/s1. The smallest absolute Gasteiger partial charge is 0.312 e. The largest absolute Gasteiger partial charge is 0.455 e. The maximum Gasteiger partial charge on any atom is 0.312 e. The summed E-state index contributed by atoms with van der Waals surface area (Å²) in [6, 6.07) is 19.2. The van der Waals surface area contributed by atoms with Gasteiger partial charge in [-0.25, -0.2) is 23.1 Å². The molecule has 66 heavy (non-hydrogen) atoms. The van der Waals surface area contributed by atoms with Crippen LogP contribution in [0.1, 0.15) is 112 Å². The van der Waals surface area contributed by atoms with E-state index in [2.05, 4.69) is 72.9 Å². The number of sulfonamides is 1. The number of nitrogens with zero attached hydrogens (tertiary/aromatic N) is 5. The van der Waals surface area contributed by atoms with E-state index in [4.69, 9.17) is 4.74 Å². The molecule has 10 rings (SSSR count). The van der Waals surface area contributed by atoms with Gasteiger partial charge in [-0.05, 0) is 122 Å². The summed E-state index contributed by atoms with van der Waals surface area (Å²) in [4.78, 5) is 41.6. The third-order valence-electron chi connectivity index (χ3n) is 15.1. The normalized spacial score (nSPS) is 22.5. The van der Waals surface area contributed by atoms with Crippen LogP contribution in [0.15, 0.2) is 84.1 Å². The number of pyridine rings is 2. The first-order valence-electron chi connectivity index (χ1n) is 23.4. The number of hydrogen-bond acceptors (Lipinski definition) is 12. The van der Waals surface area contributed by atoms with Crippen LogP contribution in [-0.2, 0) is 20.8 Å². The van der Waals surface area contributed by atoms with E-state index in [0.29, 0.717) is 41.6 Å². The maximum atomic E-state index is 14.0. The van der Waals surface area contributed by atoms with Gasteiger partial charge in [-0.15, -0.1) is 0 Å². The highest BCUT2D eigenvalue weighted by molar-refractivity contribution is 7.90. The molecule has 15 nitrogen and oxygen atoms in total. The Balaban J connectivity index is 0.837. The number of piperidine rings is 1. The first-order valence-corrected chi connectivity index (χ1v) is 26.3. The van der Waals surface area contributed by atoms with Gasteiger partial charge >= 0.3 is 5.69 Å². The molecule has 2 aromatic carbocycles. The Kier molecular flexibility index (Phi) is 11.9. The number of H-pyrrole nitrogens is 1. The predicted octanol–water partition coefficient (Wildman–Crippen LogP) is 8.84. The lowest BCUT2D eigenvalue weighted by molar-refractivity contribution is -0.384. The molecule has 3 N–H and O–H groups in total. The second-order valence-corrected chi connectivity index (χ2v) is 23.4. The van der Waals surface area contributed by atoms with E-state index in [1.165, 1.54) is 30.2 Å². The van der Waals surface area contributed by atoms with Gasteiger partial charge in [0.25, 0.3) is 15.9 Å². The molecule has 5 fully saturated rings. The molecule has 3 aromatic heterocycles. The van der Waals surface area contributed by atoms with Crippen molar-refractivity contribution >= 4 is 55.0 Å². The van der Waals surface area contributed by atoms with Gasteiger partial charge in [0.1, 0.15) is 22.0 Å². The fourth-order valence-electron chi connectivity index (χ4n) is 10.9. The molecule has 1 amide bonds. The summed E-state index contributed by atoms with van der Waals surface area (Å²) in [7, 11) is -5.43. The highest BCUT2D eigenvalue weighted by Crippen LogP contribution is 2.54. The average molecular weight is 935 g/mol. The van der Waals surface area contributed by atoms with Gasteiger partial charge in [0.15, 0.2) is 0 Å². The van der Waals surface area contributed by atoms with Crippen molar-refractivity contribution in [2.45, 2.75) is 101 Å². The van der Waals surface area contributed by atoms with Crippen molar-refractivity contribution in [3.63, 3.8) is 0 Å². The number of nitro groups is 1. The lowest BCUT2D eigenvalue weighted by atomic mass is 9.59. The monoisotopic (exact) mass is 934 g/mol. The maximum absolute atomic E-state index is 14.0. The van der Waals surface area contributed by atoms with Crippen molar-refractivity contribution in [1.82, 2.24) is 24.6 Å². The van der Waals surface area contributed by atoms with Crippen LogP contribution in [0.4, 0.5) is 17.2 Å². The number of hydrogen-bond donors (Lipinski definition) is 3. The summed E-state index contributed by atoms with van der Waals surface area (Å²) in [5.74, 6) is 1.89. The predicted molar refractivity (Wildman–Crippen MR) is 255 cm³/mol. The molecular formula is C49H58N8O7S2. The minimum absolute atomic E-state index is 0.0186. The molecule has 0 bridgehead atoms. The Morgan fingerprint density at radius 2 is 1.71 bits per heavy atom. The lowest BCUT2D eigenvalue weighted by Crippen LogP contribution is -2.58. The van der Waals surface area contributed by atoms with E-state index in [1.54, 1.807) is 30.5 Å². The van der Waals surface area contributed by atoms with Crippen molar-refractivity contribution in [2.24, 2.45) is 16.7 Å². The van der Waals surface area contributed by atoms with Crippen LogP contribution in [-0.4, -0.2) is 87.0 Å². The zero-order chi connectivity index (χ0) is 45.8. The van der Waals surface area contributed by atoms with E-state index in [0.717, 1.165) is 100 Å². The van der Waals surface area contributed by atoms with Crippen LogP contribution < -0.4 is 19.7 Å². The summed E-state index contributed by atoms with van der Waals surface area (Å²) in [6.07, 6.45) is 15.1. The van der Waals surface area contributed by atoms with Gasteiger partial charge in [0.05, 0.1) is 22.9 Å². The topological polar surface area (TPSA) is 193 Å². The van der Waals surface area contributed by atoms with Crippen molar-refractivity contribution in [1.29, 1.82) is 0 Å². The van der Waals surface area contributed by atoms with E-state index in [9.17, 15) is 27.5 Å². The summed E-state index contributed by atoms with van der Waals surface area (Å²) >= 11 is 0. The minimum Gasteiger partial charge on any atom is -0.455 e. The Hall–Kier alpha value is -5.39. The number of amides is 1. The van der Waals surface area contributed by atoms with E-state index in [1.807, 2.05) is 6.07 Å². The zero-order valence-corrected chi connectivity index (χ0v) is 39.2. The molecule has 2 aliphatic heterocycles.